The van der Waals surface area contributed by atoms with E-state index in [1.807, 2.05) is 0 Å². The van der Waals surface area contributed by atoms with Crippen LogP contribution in [-0.2, 0) is 65.4 Å². The van der Waals surface area contributed by atoms with Gasteiger partial charge in [-0.15, -0.1) is 0 Å². The van der Waals surface area contributed by atoms with Crippen LogP contribution in [0.4, 0.5) is 0 Å². The van der Waals surface area contributed by atoms with E-state index in [-0.39, 0.29) is 25.7 Å². The molecule has 0 bridgehead atoms. The molecule has 0 fully saturated rings. The summed E-state index contributed by atoms with van der Waals surface area (Å²) in [6, 6.07) is 0. The lowest BCUT2D eigenvalue weighted by Crippen LogP contribution is -2.30. The molecule has 19 heteroatoms. The Labute approximate surface area is 670 Å². The number of carbonyl (C=O) groups is 4. The van der Waals surface area contributed by atoms with E-state index < -0.39 is 97.5 Å². The number of rotatable bonds is 87. The number of hydrogen-bond donors (Lipinski definition) is 3. The van der Waals surface area contributed by atoms with E-state index in [1.54, 1.807) is 0 Å². The Morgan fingerprint density at radius 1 is 0.257 bits per heavy atom. The zero-order valence-electron chi connectivity index (χ0n) is 72.2. The minimum atomic E-state index is -4.97. The van der Waals surface area contributed by atoms with Crippen molar-refractivity contribution in [3.8, 4) is 0 Å². The Kier molecular flexibility index (Phi) is 77.2. The van der Waals surface area contributed by atoms with E-state index in [0.29, 0.717) is 25.7 Å². The quantitative estimate of drug-likeness (QED) is 0.0222. The molecule has 109 heavy (non-hydrogen) atoms. The average molecular weight is 1590 g/mol. The monoisotopic (exact) mass is 1590 g/mol. The second kappa shape index (κ2) is 78.6. The van der Waals surface area contributed by atoms with Gasteiger partial charge in [-0.05, 0) is 49.4 Å². The predicted molar refractivity (Wildman–Crippen MR) is 451 cm³/mol. The molecule has 0 aliphatic heterocycles. The highest BCUT2D eigenvalue weighted by Crippen LogP contribution is 2.45. The minimum Gasteiger partial charge on any atom is -0.462 e. The van der Waals surface area contributed by atoms with Crippen LogP contribution >= 0.6 is 15.6 Å². The van der Waals surface area contributed by atoms with Crippen molar-refractivity contribution in [1.29, 1.82) is 0 Å². The Morgan fingerprint density at radius 2 is 0.440 bits per heavy atom. The van der Waals surface area contributed by atoms with Gasteiger partial charge in [0, 0.05) is 25.7 Å². The van der Waals surface area contributed by atoms with Crippen LogP contribution in [0.1, 0.15) is 473 Å². The van der Waals surface area contributed by atoms with Crippen LogP contribution < -0.4 is 0 Å². The van der Waals surface area contributed by atoms with Gasteiger partial charge in [0.15, 0.2) is 12.2 Å². The molecule has 0 saturated heterocycles. The summed E-state index contributed by atoms with van der Waals surface area (Å²) in [5.41, 5.74) is 0. The normalized spacial score (nSPS) is 14.4. The van der Waals surface area contributed by atoms with Crippen LogP contribution in [0.2, 0.25) is 0 Å². The Morgan fingerprint density at radius 3 is 0.651 bits per heavy atom. The molecule has 0 heterocycles. The summed E-state index contributed by atoms with van der Waals surface area (Å²) in [6.07, 6.45) is 69.5. The van der Waals surface area contributed by atoms with E-state index >= 15 is 0 Å². The number of ether oxygens (including phenoxy) is 4. The number of aliphatic hydroxyl groups excluding tert-OH is 1. The molecule has 0 saturated carbocycles. The number of carbonyl (C=O) groups excluding carboxylic acids is 4. The van der Waals surface area contributed by atoms with E-state index in [0.717, 1.165) is 120 Å². The van der Waals surface area contributed by atoms with Gasteiger partial charge >= 0.3 is 39.5 Å². The Bertz CT molecular complexity index is 2110. The summed E-state index contributed by atoms with van der Waals surface area (Å²) in [6.45, 7) is 14.4. The number of phosphoric acid groups is 2. The van der Waals surface area contributed by atoms with Gasteiger partial charge in [-0.25, -0.2) is 9.13 Å². The van der Waals surface area contributed by atoms with Crippen molar-refractivity contribution in [1.82, 2.24) is 0 Å². The van der Waals surface area contributed by atoms with Gasteiger partial charge in [0.25, 0.3) is 0 Å². The van der Waals surface area contributed by atoms with Gasteiger partial charge in [0.1, 0.15) is 19.3 Å². The van der Waals surface area contributed by atoms with Crippen LogP contribution in [0.25, 0.3) is 0 Å². The van der Waals surface area contributed by atoms with Crippen LogP contribution in [0.15, 0.2) is 0 Å². The van der Waals surface area contributed by atoms with Crippen molar-refractivity contribution in [2.45, 2.75) is 491 Å². The highest BCUT2D eigenvalue weighted by molar-refractivity contribution is 7.47. The lowest BCUT2D eigenvalue weighted by Gasteiger charge is -2.21. The smallest absolute Gasteiger partial charge is 0.462 e. The molecule has 4 unspecified atom stereocenters. The number of unbranched alkanes of at least 4 members (excludes halogenated alkanes) is 51. The zero-order valence-corrected chi connectivity index (χ0v) is 74.0. The lowest BCUT2D eigenvalue weighted by atomic mass is 9.99. The third-order valence-corrected chi connectivity index (χ3v) is 23.7. The van der Waals surface area contributed by atoms with E-state index in [9.17, 15) is 43.2 Å². The molecule has 7 atom stereocenters. The number of hydrogen-bond acceptors (Lipinski definition) is 15. The first-order chi connectivity index (χ1) is 52.7. The lowest BCUT2D eigenvalue weighted by molar-refractivity contribution is -0.161. The average Bonchev–Trinajstić information content (AvgIpc) is 0.897. The molecule has 0 radical (unpaired) electrons. The molecule has 0 rings (SSSR count). The molecular formula is C90H176O17P2. The molecule has 3 N–H and O–H groups in total. The molecule has 17 nitrogen and oxygen atoms in total. The van der Waals surface area contributed by atoms with Crippen molar-refractivity contribution >= 4 is 39.5 Å². The summed E-state index contributed by atoms with van der Waals surface area (Å²) < 4.78 is 69.0. The van der Waals surface area contributed by atoms with Crippen LogP contribution in [0.3, 0.4) is 0 Å². The predicted octanol–water partition coefficient (Wildman–Crippen LogP) is 27.5. The van der Waals surface area contributed by atoms with Crippen LogP contribution in [0.5, 0.6) is 0 Å². The first kappa shape index (κ1) is 107. The zero-order chi connectivity index (χ0) is 80.2. The second-order valence-electron chi connectivity index (χ2n) is 33.8. The summed E-state index contributed by atoms with van der Waals surface area (Å²) in [5.74, 6) is 1.11. The highest BCUT2D eigenvalue weighted by Gasteiger charge is 2.31. The van der Waals surface area contributed by atoms with Gasteiger partial charge in [-0.2, -0.15) is 0 Å². The number of phosphoric ester groups is 2. The summed E-state index contributed by atoms with van der Waals surface area (Å²) in [5, 5.41) is 10.7. The van der Waals surface area contributed by atoms with E-state index in [2.05, 4.69) is 55.4 Å². The van der Waals surface area contributed by atoms with Crippen molar-refractivity contribution in [3.63, 3.8) is 0 Å². The van der Waals surface area contributed by atoms with Crippen molar-refractivity contribution in [2.75, 3.05) is 39.6 Å². The molecule has 0 aromatic carbocycles. The van der Waals surface area contributed by atoms with Crippen molar-refractivity contribution < 1.29 is 80.2 Å². The molecule has 0 amide bonds. The second-order valence-corrected chi connectivity index (χ2v) is 36.7. The van der Waals surface area contributed by atoms with Gasteiger partial charge in [0.05, 0.1) is 26.4 Å². The maximum Gasteiger partial charge on any atom is 0.472 e. The first-order valence-corrected chi connectivity index (χ1v) is 49.3. The number of esters is 4. The fraction of sp³-hybridized carbons (Fsp3) is 0.956. The van der Waals surface area contributed by atoms with Gasteiger partial charge in [-0.3, -0.25) is 37.3 Å². The first-order valence-electron chi connectivity index (χ1n) is 46.3. The molecule has 0 aromatic rings. The van der Waals surface area contributed by atoms with Crippen LogP contribution in [0, 0.1) is 23.7 Å². The Hall–Kier alpha value is -1.94. The van der Waals surface area contributed by atoms with Crippen LogP contribution in [-0.4, -0.2) is 96.7 Å². The highest BCUT2D eigenvalue weighted by atomic mass is 31.2. The maximum absolute atomic E-state index is 13.2. The third kappa shape index (κ3) is 81.0. The molecule has 648 valence electrons. The largest absolute Gasteiger partial charge is 0.472 e. The summed E-state index contributed by atoms with van der Waals surface area (Å²) in [4.78, 5) is 73.3. The van der Waals surface area contributed by atoms with Crippen molar-refractivity contribution in [2.24, 2.45) is 23.7 Å². The fourth-order valence-corrected chi connectivity index (χ4v) is 15.5. The van der Waals surface area contributed by atoms with Gasteiger partial charge in [0.2, 0.25) is 0 Å². The summed E-state index contributed by atoms with van der Waals surface area (Å²) in [7, 11) is -9.94. The van der Waals surface area contributed by atoms with Gasteiger partial charge in [-0.1, -0.05) is 421 Å². The van der Waals surface area contributed by atoms with E-state index in [4.69, 9.17) is 37.0 Å². The third-order valence-electron chi connectivity index (χ3n) is 21.8. The van der Waals surface area contributed by atoms with Crippen molar-refractivity contribution in [3.05, 3.63) is 0 Å². The Balaban J connectivity index is 5.21. The van der Waals surface area contributed by atoms with E-state index in [1.165, 1.54) is 270 Å². The molecule has 0 aliphatic rings. The maximum atomic E-state index is 13.2. The minimum absolute atomic E-state index is 0.107. The molecule has 0 aliphatic carbocycles. The van der Waals surface area contributed by atoms with Gasteiger partial charge < -0.3 is 33.8 Å². The fourth-order valence-electron chi connectivity index (χ4n) is 14.0. The SMILES string of the molecule is CCC(C)CCCCCCCCCCCCCCCCCCCCC(=O)O[C@H](COC(=O)CCCCCCCCC(C)CC)COP(=O)(O)OC[C@H](O)COP(=O)(O)OC[C@@H](COC(=O)CCCCCCCCCCCCCCCCCCC(C)C)OC(=O)CCCCCCCCCCCCCCCCCC(C)C. The molecule has 0 spiro atoms. The number of aliphatic hydroxyl groups is 1. The molecule has 0 aromatic heterocycles. The molecular weight excluding hydrogens is 1410 g/mol. The standard InChI is InChI=1S/C90H176O17P2/c1-9-82(7)68-60-52-44-38-32-26-20-13-11-12-14-22-28-34-40-46-56-64-73-90(95)107-86(77-101-88(93)71-63-55-49-48-53-61-69-83(8)10-2)79-105-109(98,99)103-75-84(91)74-102-108(96,97)104-78-85(106-89(94)72-65-57-47-41-35-29-23-17-19-25-31-37-43-51-59-67-81(5)6)76-100-87(92)70-62-54-45-39-33-27-21-16-15-18-24-30-36-42-50-58-66-80(3)4/h80-86,91H,9-79H2,1-8H3,(H,96,97)(H,98,99)/t82?,83?,84-,85-,86-/m1/s1. The summed E-state index contributed by atoms with van der Waals surface area (Å²) >= 11 is 0. The topological polar surface area (TPSA) is 237 Å².